The molecule has 0 spiro atoms. The Hall–Kier alpha value is -0.990. The van der Waals surface area contributed by atoms with Crippen LogP contribution < -0.4 is 0 Å². The van der Waals surface area contributed by atoms with Crippen LogP contribution in [-0.4, -0.2) is 5.78 Å². The molecule has 0 N–H and O–H groups in total. The van der Waals surface area contributed by atoms with Crippen LogP contribution in [0.5, 0.6) is 0 Å². The van der Waals surface area contributed by atoms with Gasteiger partial charge in [0.15, 0.2) is 5.78 Å². The minimum atomic E-state index is 0.0853. The van der Waals surface area contributed by atoms with Crippen molar-refractivity contribution in [1.82, 2.24) is 0 Å². The Morgan fingerprint density at radius 2 is 1.94 bits per heavy atom. The zero-order chi connectivity index (χ0) is 11.4. The standard InChI is InChI=1S/C13H11ClOS/c14-16-12-8-6-11(7-9-12)13(15)10-4-2-1-3-5-10/h2,4-9H,1,3H2. The normalized spacial score (nSPS) is 14.7. The van der Waals surface area contributed by atoms with Gasteiger partial charge in [0.25, 0.3) is 0 Å². The molecule has 0 radical (unpaired) electrons. The minimum absolute atomic E-state index is 0.0853. The van der Waals surface area contributed by atoms with E-state index >= 15 is 0 Å². The summed E-state index contributed by atoms with van der Waals surface area (Å²) in [6.45, 7) is 0. The smallest absolute Gasteiger partial charge is 0.192 e. The Bertz CT molecular complexity index is 446. The summed E-state index contributed by atoms with van der Waals surface area (Å²) in [5.41, 5.74) is 1.50. The fraction of sp³-hybridized carbons (Fsp3) is 0.154. The van der Waals surface area contributed by atoms with Crippen LogP contribution >= 0.6 is 21.7 Å². The summed E-state index contributed by atoms with van der Waals surface area (Å²) in [4.78, 5) is 13.0. The molecule has 0 unspecified atom stereocenters. The molecule has 0 aliphatic heterocycles. The van der Waals surface area contributed by atoms with Gasteiger partial charge in [-0.25, -0.2) is 0 Å². The maximum Gasteiger partial charge on any atom is 0.192 e. The number of allylic oxidation sites excluding steroid dienone is 4. The van der Waals surface area contributed by atoms with Gasteiger partial charge in [0.1, 0.15) is 0 Å². The number of rotatable bonds is 3. The minimum Gasteiger partial charge on any atom is -0.289 e. The van der Waals surface area contributed by atoms with Crippen molar-refractivity contribution in [3.63, 3.8) is 0 Å². The number of hydrogen-bond acceptors (Lipinski definition) is 2. The first-order valence-corrected chi connectivity index (χ1v) is 6.75. The van der Waals surface area contributed by atoms with E-state index in [1.807, 2.05) is 42.5 Å². The van der Waals surface area contributed by atoms with Crippen molar-refractivity contribution in [3.8, 4) is 0 Å². The molecule has 16 heavy (non-hydrogen) atoms. The summed E-state index contributed by atoms with van der Waals surface area (Å²) in [6.07, 6.45) is 7.91. The largest absolute Gasteiger partial charge is 0.289 e. The Labute approximate surface area is 104 Å². The van der Waals surface area contributed by atoms with E-state index in [0.717, 1.165) is 34.3 Å². The van der Waals surface area contributed by atoms with Crippen LogP contribution in [-0.2, 0) is 0 Å². The Morgan fingerprint density at radius 3 is 2.50 bits per heavy atom. The molecule has 0 saturated carbocycles. The highest BCUT2D eigenvalue weighted by atomic mass is 35.7. The number of ketones is 1. The third kappa shape index (κ3) is 2.57. The average Bonchev–Trinajstić information content (AvgIpc) is 2.39. The highest BCUT2D eigenvalue weighted by Gasteiger charge is 2.10. The van der Waals surface area contributed by atoms with Crippen molar-refractivity contribution in [2.24, 2.45) is 0 Å². The molecule has 0 amide bonds. The zero-order valence-electron chi connectivity index (χ0n) is 8.65. The molecule has 2 rings (SSSR count). The second-order valence-corrected chi connectivity index (χ2v) is 4.66. The summed E-state index contributed by atoms with van der Waals surface area (Å²) < 4.78 is 0. The average molecular weight is 251 g/mol. The lowest BCUT2D eigenvalue weighted by Gasteiger charge is -2.06. The van der Waals surface area contributed by atoms with Gasteiger partial charge in [0.2, 0.25) is 0 Å². The lowest BCUT2D eigenvalue weighted by molar-refractivity contribution is 0.103. The molecule has 0 aromatic heterocycles. The monoisotopic (exact) mass is 250 g/mol. The van der Waals surface area contributed by atoms with E-state index in [2.05, 4.69) is 0 Å². The predicted molar refractivity (Wildman–Crippen MR) is 68.9 cm³/mol. The van der Waals surface area contributed by atoms with E-state index in [1.54, 1.807) is 0 Å². The van der Waals surface area contributed by atoms with E-state index in [-0.39, 0.29) is 5.78 Å². The zero-order valence-corrected chi connectivity index (χ0v) is 10.2. The Balaban J connectivity index is 2.20. The summed E-state index contributed by atoms with van der Waals surface area (Å²) >= 11 is 0. The van der Waals surface area contributed by atoms with Crippen LogP contribution in [0.3, 0.4) is 0 Å². The van der Waals surface area contributed by atoms with Crippen LogP contribution in [0.15, 0.2) is 53.0 Å². The molecule has 0 saturated heterocycles. The molecule has 82 valence electrons. The van der Waals surface area contributed by atoms with Crippen molar-refractivity contribution < 1.29 is 4.79 Å². The molecule has 0 fully saturated rings. The van der Waals surface area contributed by atoms with Crippen molar-refractivity contribution >= 4 is 27.4 Å². The van der Waals surface area contributed by atoms with E-state index < -0.39 is 0 Å². The van der Waals surface area contributed by atoms with Crippen LogP contribution in [0.2, 0.25) is 0 Å². The molecule has 0 bridgehead atoms. The van der Waals surface area contributed by atoms with E-state index in [1.165, 1.54) is 0 Å². The molecule has 1 aliphatic rings. The Morgan fingerprint density at radius 1 is 1.19 bits per heavy atom. The predicted octanol–water partition coefficient (Wildman–Crippen LogP) is 4.39. The van der Waals surface area contributed by atoms with E-state index in [9.17, 15) is 4.79 Å². The van der Waals surface area contributed by atoms with E-state index in [4.69, 9.17) is 10.7 Å². The molecule has 1 nitrogen and oxygen atoms in total. The van der Waals surface area contributed by atoms with Crippen molar-refractivity contribution in [2.45, 2.75) is 17.7 Å². The highest BCUT2D eigenvalue weighted by Crippen LogP contribution is 2.23. The van der Waals surface area contributed by atoms with Gasteiger partial charge >= 0.3 is 0 Å². The van der Waals surface area contributed by atoms with Crippen LogP contribution in [0.4, 0.5) is 0 Å². The Kier molecular flexibility index (Phi) is 3.86. The second kappa shape index (κ2) is 5.37. The van der Waals surface area contributed by atoms with Crippen molar-refractivity contribution in [3.05, 3.63) is 53.6 Å². The highest BCUT2D eigenvalue weighted by molar-refractivity contribution is 8.21. The molecular weight excluding hydrogens is 240 g/mol. The summed E-state index contributed by atoms with van der Waals surface area (Å²) in [7, 11) is 6.77. The molecule has 1 aromatic rings. The quantitative estimate of drug-likeness (QED) is 0.740. The van der Waals surface area contributed by atoms with Crippen LogP contribution in [0.1, 0.15) is 23.2 Å². The van der Waals surface area contributed by atoms with Gasteiger partial charge < -0.3 is 0 Å². The number of benzene rings is 1. The van der Waals surface area contributed by atoms with Crippen molar-refractivity contribution in [1.29, 1.82) is 0 Å². The molecular formula is C13H11ClOS. The first-order chi connectivity index (χ1) is 7.81. The third-order valence-corrected chi connectivity index (χ3v) is 3.45. The SMILES string of the molecule is O=C(C1=CCCC=C1)c1ccc(SCl)cc1. The van der Waals surface area contributed by atoms with E-state index in [0.29, 0.717) is 5.56 Å². The van der Waals surface area contributed by atoms with Crippen molar-refractivity contribution in [2.75, 3.05) is 0 Å². The van der Waals surface area contributed by atoms with Crippen LogP contribution in [0, 0.1) is 0 Å². The third-order valence-electron chi connectivity index (χ3n) is 2.46. The lowest BCUT2D eigenvalue weighted by atomic mass is 9.98. The maximum absolute atomic E-state index is 12.0. The molecule has 3 heteroatoms. The van der Waals surface area contributed by atoms with Gasteiger partial charge in [-0.2, -0.15) is 0 Å². The van der Waals surface area contributed by atoms with Gasteiger partial charge in [0, 0.05) is 16.0 Å². The molecule has 1 aliphatic carbocycles. The van der Waals surface area contributed by atoms with Gasteiger partial charge in [0.05, 0.1) is 0 Å². The first-order valence-electron chi connectivity index (χ1n) is 5.11. The lowest BCUT2D eigenvalue weighted by Crippen LogP contribution is -2.02. The summed E-state index contributed by atoms with van der Waals surface area (Å²) in [5, 5.41) is 0. The summed E-state index contributed by atoms with van der Waals surface area (Å²) in [6, 6.07) is 7.35. The van der Waals surface area contributed by atoms with Gasteiger partial charge in [-0.05, 0) is 58.8 Å². The number of carbonyl (C=O) groups excluding carboxylic acids is 1. The number of halogens is 1. The number of carbonyl (C=O) groups is 1. The fourth-order valence-electron chi connectivity index (χ4n) is 1.61. The van der Waals surface area contributed by atoms with Gasteiger partial charge in [-0.15, -0.1) is 0 Å². The second-order valence-electron chi connectivity index (χ2n) is 3.57. The topological polar surface area (TPSA) is 17.1 Å². The summed E-state index contributed by atoms with van der Waals surface area (Å²) in [5.74, 6) is 0.0853. The fourth-order valence-corrected chi connectivity index (χ4v) is 2.15. The maximum atomic E-state index is 12.0. The molecule has 0 atom stereocenters. The van der Waals surface area contributed by atoms with Gasteiger partial charge in [-0.1, -0.05) is 18.2 Å². The van der Waals surface area contributed by atoms with Crippen LogP contribution in [0.25, 0.3) is 0 Å². The van der Waals surface area contributed by atoms with Gasteiger partial charge in [-0.3, -0.25) is 4.79 Å². The number of Topliss-reactive ketones (excluding diaryl/α,β-unsaturated/α-hetero) is 1. The first kappa shape index (κ1) is 11.5. The molecule has 0 heterocycles. The molecule has 1 aromatic carbocycles. The number of hydrogen-bond donors (Lipinski definition) is 0.